The number of esters is 1. The minimum absolute atomic E-state index is 0.0306. The molecule has 0 aromatic heterocycles. The van der Waals surface area contributed by atoms with E-state index in [1.54, 1.807) is 0 Å². The fourth-order valence-electron chi connectivity index (χ4n) is 7.34. The minimum atomic E-state index is -0.680. The third-order valence-corrected chi connectivity index (χ3v) is 11.1. The average Bonchev–Trinajstić information content (AvgIpc) is 3.17. The standard InChI is InChI=1S/C48H93NO5/c1-3-5-7-9-11-13-15-17-18-20-24-28-32-36-40-46(51)45(44-50)49-47(52)41-37-33-29-25-21-19-23-27-31-35-39-43-54-48(53)42-38-34-30-26-22-16-14-12-10-8-6-4-2/h23,27,45-46,50-51H,3-22,24-26,28-44H2,1-2H3,(H,49,52)/b27-23-. The molecule has 0 rings (SSSR count). The Morgan fingerprint density at radius 1 is 0.500 bits per heavy atom. The third kappa shape index (κ3) is 40.3. The first-order valence-electron chi connectivity index (χ1n) is 23.9. The summed E-state index contributed by atoms with van der Waals surface area (Å²) in [6, 6.07) is -0.560. The van der Waals surface area contributed by atoms with E-state index >= 15 is 0 Å². The number of aliphatic hydroxyl groups is 2. The zero-order valence-corrected chi connectivity index (χ0v) is 36.2. The van der Waals surface area contributed by atoms with Crippen molar-refractivity contribution in [2.45, 2.75) is 270 Å². The predicted molar refractivity (Wildman–Crippen MR) is 232 cm³/mol. The van der Waals surface area contributed by atoms with Gasteiger partial charge < -0.3 is 20.3 Å². The molecule has 0 fully saturated rings. The zero-order chi connectivity index (χ0) is 39.4. The first kappa shape index (κ1) is 52.6. The monoisotopic (exact) mass is 764 g/mol. The number of unbranched alkanes of at least 4 members (excludes halogenated alkanes) is 31. The van der Waals surface area contributed by atoms with E-state index in [2.05, 4.69) is 31.3 Å². The van der Waals surface area contributed by atoms with Crippen molar-refractivity contribution in [1.29, 1.82) is 0 Å². The normalized spacial score (nSPS) is 12.7. The van der Waals surface area contributed by atoms with Gasteiger partial charge in [-0.2, -0.15) is 0 Å². The van der Waals surface area contributed by atoms with Crippen LogP contribution >= 0.6 is 0 Å². The molecule has 0 aliphatic carbocycles. The Hall–Kier alpha value is -1.40. The summed E-state index contributed by atoms with van der Waals surface area (Å²) >= 11 is 0. The van der Waals surface area contributed by atoms with Crippen LogP contribution in [0.3, 0.4) is 0 Å². The van der Waals surface area contributed by atoms with Crippen LogP contribution in [0.15, 0.2) is 12.2 Å². The second-order valence-electron chi connectivity index (χ2n) is 16.4. The summed E-state index contributed by atoms with van der Waals surface area (Å²) in [5.74, 6) is -0.0941. The first-order chi connectivity index (χ1) is 26.5. The van der Waals surface area contributed by atoms with Gasteiger partial charge in [-0.1, -0.05) is 206 Å². The number of amides is 1. The summed E-state index contributed by atoms with van der Waals surface area (Å²) in [6.45, 7) is 4.87. The van der Waals surface area contributed by atoms with Crippen molar-refractivity contribution in [3.05, 3.63) is 12.2 Å². The molecular formula is C48H93NO5. The zero-order valence-electron chi connectivity index (χ0n) is 36.2. The van der Waals surface area contributed by atoms with E-state index in [1.165, 1.54) is 141 Å². The number of nitrogens with one attached hydrogen (secondary N) is 1. The quantitative estimate of drug-likeness (QED) is 0.0326. The molecule has 6 nitrogen and oxygen atoms in total. The fourth-order valence-corrected chi connectivity index (χ4v) is 7.34. The maximum Gasteiger partial charge on any atom is 0.305 e. The summed E-state index contributed by atoms with van der Waals surface area (Å²) < 4.78 is 5.42. The molecule has 54 heavy (non-hydrogen) atoms. The molecule has 0 radical (unpaired) electrons. The van der Waals surface area contributed by atoms with Gasteiger partial charge in [0.25, 0.3) is 0 Å². The molecule has 320 valence electrons. The van der Waals surface area contributed by atoms with E-state index < -0.39 is 12.1 Å². The molecule has 0 bridgehead atoms. The minimum Gasteiger partial charge on any atom is -0.466 e. The molecule has 0 saturated heterocycles. The number of hydrogen-bond donors (Lipinski definition) is 3. The largest absolute Gasteiger partial charge is 0.466 e. The summed E-state index contributed by atoms with van der Waals surface area (Å²) in [4.78, 5) is 24.4. The van der Waals surface area contributed by atoms with Crippen molar-refractivity contribution in [2.24, 2.45) is 0 Å². The van der Waals surface area contributed by atoms with Gasteiger partial charge in [-0.3, -0.25) is 9.59 Å². The SMILES string of the molecule is CCCCCCCCCCCCCCCCC(O)C(CO)NC(=O)CCCCCCC/C=C\CCCCOC(=O)CCCCCCCCCCCCCC. The second kappa shape index (κ2) is 44.3. The van der Waals surface area contributed by atoms with Crippen LogP contribution < -0.4 is 5.32 Å². The highest BCUT2D eigenvalue weighted by Gasteiger charge is 2.20. The van der Waals surface area contributed by atoms with Crippen LogP contribution in [-0.4, -0.2) is 47.4 Å². The number of allylic oxidation sites excluding steroid dienone is 2. The lowest BCUT2D eigenvalue weighted by atomic mass is 10.0. The van der Waals surface area contributed by atoms with E-state index in [1.807, 2.05) is 0 Å². The van der Waals surface area contributed by atoms with Gasteiger partial charge in [-0.25, -0.2) is 0 Å². The lowest BCUT2D eigenvalue weighted by Gasteiger charge is -2.22. The van der Waals surface area contributed by atoms with Gasteiger partial charge in [-0.05, 0) is 51.4 Å². The van der Waals surface area contributed by atoms with E-state index in [-0.39, 0.29) is 18.5 Å². The second-order valence-corrected chi connectivity index (χ2v) is 16.4. The molecule has 0 spiro atoms. The predicted octanol–water partition coefficient (Wildman–Crippen LogP) is 13.8. The van der Waals surface area contributed by atoms with Gasteiger partial charge in [0.1, 0.15) is 0 Å². The summed E-state index contributed by atoms with van der Waals surface area (Å²) in [7, 11) is 0. The van der Waals surface area contributed by atoms with Gasteiger partial charge in [0.15, 0.2) is 0 Å². The number of ether oxygens (including phenoxy) is 1. The van der Waals surface area contributed by atoms with Gasteiger partial charge in [0, 0.05) is 12.8 Å². The topological polar surface area (TPSA) is 95.9 Å². The molecule has 6 heteroatoms. The molecular weight excluding hydrogens is 671 g/mol. The Bertz CT molecular complexity index is 802. The van der Waals surface area contributed by atoms with Crippen LogP contribution in [0.4, 0.5) is 0 Å². The molecule has 3 N–H and O–H groups in total. The van der Waals surface area contributed by atoms with Crippen molar-refractivity contribution in [2.75, 3.05) is 13.2 Å². The van der Waals surface area contributed by atoms with Crippen LogP contribution in [0.2, 0.25) is 0 Å². The van der Waals surface area contributed by atoms with Crippen molar-refractivity contribution in [1.82, 2.24) is 5.32 Å². The van der Waals surface area contributed by atoms with E-state index in [4.69, 9.17) is 4.74 Å². The highest BCUT2D eigenvalue weighted by Crippen LogP contribution is 2.16. The molecule has 2 atom stereocenters. The average molecular weight is 764 g/mol. The summed E-state index contributed by atoms with van der Waals surface area (Å²) in [5, 5.41) is 23.1. The molecule has 0 aliphatic heterocycles. The maximum absolute atomic E-state index is 12.4. The van der Waals surface area contributed by atoms with Gasteiger partial charge in [0.05, 0.1) is 25.4 Å². The lowest BCUT2D eigenvalue weighted by molar-refractivity contribution is -0.143. The number of carbonyl (C=O) groups is 2. The molecule has 0 aromatic rings. The number of rotatable bonds is 44. The fraction of sp³-hybridized carbons (Fsp3) is 0.917. The number of hydrogen-bond acceptors (Lipinski definition) is 5. The van der Waals surface area contributed by atoms with Crippen molar-refractivity contribution in [3.63, 3.8) is 0 Å². The van der Waals surface area contributed by atoms with Crippen molar-refractivity contribution in [3.8, 4) is 0 Å². The van der Waals surface area contributed by atoms with Crippen LogP contribution in [0.1, 0.15) is 258 Å². The third-order valence-electron chi connectivity index (χ3n) is 11.1. The van der Waals surface area contributed by atoms with E-state index in [0.717, 1.165) is 83.5 Å². The molecule has 0 heterocycles. The van der Waals surface area contributed by atoms with E-state index in [0.29, 0.717) is 25.9 Å². The number of carbonyl (C=O) groups excluding carboxylic acids is 2. The first-order valence-corrected chi connectivity index (χ1v) is 23.9. The Morgan fingerprint density at radius 3 is 1.31 bits per heavy atom. The Morgan fingerprint density at radius 2 is 0.870 bits per heavy atom. The Kier molecular flexibility index (Phi) is 43.2. The highest BCUT2D eigenvalue weighted by atomic mass is 16.5. The van der Waals surface area contributed by atoms with Crippen molar-refractivity contribution >= 4 is 11.9 Å². The van der Waals surface area contributed by atoms with Gasteiger partial charge in [0.2, 0.25) is 5.91 Å². The van der Waals surface area contributed by atoms with Crippen LogP contribution in [0.5, 0.6) is 0 Å². The molecule has 1 amide bonds. The summed E-state index contributed by atoms with van der Waals surface area (Å²) in [6.07, 6.45) is 48.8. The molecule has 0 aromatic carbocycles. The summed E-state index contributed by atoms with van der Waals surface area (Å²) in [5.41, 5.74) is 0. The smallest absolute Gasteiger partial charge is 0.305 e. The van der Waals surface area contributed by atoms with Crippen LogP contribution in [0, 0.1) is 0 Å². The van der Waals surface area contributed by atoms with Gasteiger partial charge in [-0.15, -0.1) is 0 Å². The van der Waals surface area contributed by atoms with Crippen molar-refractivity contribution < 1.29 is 24.5 Å². The van der Waals surface area contributed by atoms with Gasteiger partial charge >= 0.3 is 5.97 Å². The Labute approximate surface area is 336 Å². The lowest BCUT2D eigenvalue weighted by Crippen LogP contribution is -2.45. The maximum atomic E-state index is 12.4. The Balaban J connectivity index is 3.52. The number of aliphatic hydroxyl groups excluding tert-OH is 2. The van der Waals surface area contributed by atoms with E-state index in [9.17, 15) is 19.8 Å². The highest BCUT2D eigenvalue weighted by molar-refractivity contribution is 5.76. The van der Waals surface area contributed by atoms with Crippen LogP contribution in [-0.2, 0) is 14.3 Å². The van der Waals surface area contributed by atoms with Crippen LogP contribution in [0.25, 0.3) is 0 Å². The molecule has 0 aliphatic rings. The molecule has 2 unspecified atom stereocenters. The molecule has 0 saturated carbocycles.